The van der Waals surface area contributed by atoms with Gasteiger partial charge in [-0.25, -0.2) is 4.99 Å². The molecule has 0 heterocycles. The summed E-state index contributed by atoms with van der Waals surface area (Å²) in [6, 6.07) is 5.50. The molecule has 214 valence electrons. The molecule has 39 heavy (non-hydrogen) atoms. The SMILES string of the molecule is C=C(C)/C(=C(N)\N=C(/C)C(=C)c1ccc(Cl)cc1C)C(C)(C=O)C(=C)O/C=C(\C)CCC(C)(C)C(=O)O.CC. The molecule has 0 saturated heterocycles. The van der Waals surface area contributed by atoms with Crippen LogP contribution in [0, 0.1) is 17.8 Å². The fraction of sp³-hybridized carbons (Fsp3) is 0.406. The molecule has 1 aromatic carbocycles. The number of rotatable bonds is 13. The number of carbonyl (C=O) groups is 2. The molecule has 1 aromatic rings. The molecule has 1 atom stereocenters. The van der Waals surface area contributed by atoms with Gasteiger partial charge in [-0.15, -0.1) is 0 Å². The third-order valence-electron chi connectivity index (χ3n) is 6.38. The van der Waals surface area contributed by atoms with E-state index in [9.17, 15) is 14.7 Å². The number of benzene rings is 1. The van der Waals surface area contributed by atoms with Crippen LogP contribution < -0.4 is 5.73 Å². The second-order valence-corrected chi connectivity index (χ2v) is 10.6. The zero-order valence-corrected chi connectivity index (χ0v) is 25.8. The van der Waals surface area contributed by atoms with Crippen LogP contribution >= 0.6 is 11.6 Å². The molecular formula is C32H45ClN2O4. The number of nitrogens with two attached hydrogens (primary N) is 1. The maximum Gasteiger partial charge on any atom is 0.309 e. The maximum atomic E-state index is 12.4. The van der Waals surface area contributed by atoms with E-state index in [-0.39, 0.29) is 11.6 Å². The number of carbonyl (C=O) groups excluding carboxylic acids is 1. The lowest BCUT2D eigenvalue weighted by atomic mass is 9.78. The molecule has 1 unspecified atom stereocenters. The minimum absolute atomic E-state index is 0.0982. The van der Waals surface area contributed by atoms with Crippen LogP contribution in [0.1, 0.15) is 79.4 Å². The molecule has 1 rings (SSSR count). The van der Waals surface area contributed by atoms with Crippen molar-refractivity contribution >= 4 is 35.1 Å². The number of allylic oxidation sites excluding steroid dienone is 4. The van der Waals surface area contributed by atoms with Gasteiger partial charge >= 0.3 is 5.97 Å². The van der Waals surface area contributed by atoms with Crippen molar-refractivity contribution in [3.05, 3.63) is 88.6 Å². The number of aliphatic imine (C=N–C) groups is 1. The standard InChI is InChI=1S/C30H39ClN2O4.C2H6/c1-18(2)26(27(32)33-22(6)21(5)25-12-11-24(31)15-20(25)4)30(10,17-34)23(7)37-16-19(3)13-14-29(8,9)28(35)36;1-2/h11-12,15-17H,1,5,7,13-14,32H2,2-4,6,8-10H3,(H,35,36);1-2H3/b19-16+,27-26+,33-22+;. The van der Waals surface area contributed by atoms with Gasteiger partial charge in [-0.2, -0.15) is 0 Å². The fourth-order valence-electron chi connectivity index (χ4n) is 3.63. The summed E-state index contributed by atoms with van der Waals surface area (Å²) in [6.07, 6.45) is 3.12. The zero-order chi connectivity index (χ0) is 30.7. The summed E-state index contributed by atoms with van der Waals surface area (Å²) < 4.78 is 5.77. The van der Waals surface area contributed by atoms with Crippen molar-refractivity contribution in [2.75, 3.05) is 0 Å². The molecule has 0 aliphatic rings. The van der Waals surface area contributed by atoms with Gasteiger partial charge in [-0.05, 0) is 101 Å². The van der Waals surface area contributed by atoms with E-state index < -0.39 is 16.8 Å². The number of aryl methyl sites for hydroxylation is 1. The quantitative estimate of drug-likeness (QED) is 0.110. The Labute approximate surface area is 239 Å². The number of carboxylic acids is 1. The minimum atomic E-state index is -1.34. The van der Waals surface area contributed by atoms with Crippen molar-refractivity contribution in [1.29, 1.82) is 0 Å². The van der Waals surface area contributed by atoms with Gasteiger partial charge < -0.3 is 20.4 Å². The summed E-state index contributed by atoms with van der Waals surface area (Å²) in [5.74, 6) is -0.628. The molecule has 0 saturated carbocycles. The molecule has 3 N–H and O–H groups in total. The van der Waals surface area contributed by atoms with E-state index in [0.717, 1.165) is 16.7 Å². The molecule has 0 aliphatic heterocycles. The Hall–Kier alpha value is -3.38. The first-order valence-electron chi connectivity index (χ1n) is 12.9. The predicted molar refractivity (Wildman–Crippen MR) is 165 cm³/mol. The number of aldehydes is 1. The van der Waals surface area contributed by atoms with Gasteiger partial charge in [-0.3, -0.25) is 4.79 Å². The van der Waals surface area contributed by atoms with Crippen LogP contribution in [0.2, 0.25) is 5.02 Å². The highest BCUT2D eigenvalue weighted by atomic mass is 35.5. The molecule has 0 bridgehead atoms. The summed E-state index contributed by atoms with van der Waals surface area (Å²) in [7, 11) is 0. The second-order valence-electron chi connectivity index (χ2n) is 10.2. The Kier molecular flexibility index (Phi) is 13.9. The van der Waals surface area contributed by atoms with E-state index in [0.29, 0.717) is 46.6 Å². The van der Waals surface area contributed by atoms with Gasteiger partial charge in [0.05, 0.1) is 11.7 Å². The number of carboxylic acid groups (broad SMARTS) is 1. The first-order valence-corrected chi connectivity index (χ1v) is 13.2. The lowest BCUT2D eigenvalue weighted by Gasteiger charge is -2.29. The van der Waals surface area contributed by atoms with E-state index in [1.165, 1.54) is 6.26 Å². The van der Waals surface area contributed by atoms with E-state index in [4.69, 9.17) is 22.1 Å². The van der Waals surface area contributed by atoms with Gasteiger partial charge in [0.2, 0.25) is 0 Å². The highest BCUT2D eigenvalue weighted by Crippen LogP contribution is 2.39. The molecule has 0 amide bonds. The molecule has 0 spiro atoms. The van der Waals surface area contributed by atoms with Crippen molar-refractivity contribution in [3.8, 4) is 0 Å². The van der Waals surface area contributed by atoms with Crippen LogP contribution in [0.15, 0.2) is 77.5 Å². The summed E-state index contributed by atoms with van der Waals surface area (Å²) in [5.41, 5.74) is 9.01. The van der Waals surface area contributed by atoms with Crippen molar-refractivity contribution < 1.29 is 19.4 Å². The predicted octanol–water partition coefficient (Wildman–Crippen LogP) is 8.43. The van der Waals surface area contributed by atoms with E-state index in [1.807, 2.05) is 39.8 Å². The molecule has 0 aromatic heterocycles. The smallest absolute Gasteiger partial charge is 0.309 e. The maximum absolute atomic E-state index is 12.4. The summed E-state index contributed by atoms with van der Waals surface area (Å²) >= 11 is 6.07. The highest BCUT2D eigenvalue weighted by Gasteiger charge is 2.36. The Balaban J connectivity index is 0.00000704. The van der Waals surface area contributed by atoms with Gasteiger partial charge in [0.15, 0.2) is 0 Å². The number of hydrogen-bond donors (Lipinski definition) is 2. The molecule has 0 radical (unpaired) electrons. The normalized spacial score (nSPS) is 14.2. The fourth-order valence-corrected chi connectivity index (χ4v) is 3.85. The average molecular weight is 557 g/mol. The summed E-state index contributed by atoms with van der Waals surface area (Å²) in [4.78, 5) is 28.3. The Morgan fingerprint density at radius 2 is 1.72 bits per heavy atom. The number of aliphatic carboxylic acids is 1. The average Bonchev–Trinajstić information content (AvgIpc) is 2.86. The number of halogens is 1. The highest BCUT2D eigenvalue weighted by molar-refractivity contribution is 6.31. The second kappa shape index (κ2) is 15.3. The number of nitrogens with zero attached hydrogens (tertiary/aromatic N) is 1. The zero-order valence-electron chi connectivity index (χ0n) is 25.0. The number of ether oxygens (including phenoxy) is 1. The third kappa shape index (κ3) is 9.70. The lowest BCUT2D eigenvalue weighted by Crippen LogP contribution is -2.28. The van der Waals surface area contributed by atoms with Crippen molar-refractivity contribution in [2.45, 2.75) is 75.2 Å². The van der Waals surface area contributed by atoms with Crippen molar-refractivity contribution in [3.63, 3.8) is 0 Å². The molecule has 7 heteroatoms. The Morgan fingerprint density at radius 1 is 1.15 bits per heavy atom. The first-order chi connectivity index (χ1) is 18.0. The Morgan fingerprint density at radius 3 is 2.18 bits per heavy atom. The van der Waals surface area contributed by atoms with Crippen molar-refractivity contribution in [2.24, 2.45) is 21.6 Å². The van der Waals surface area contributed by atoms with Crippen molar-refractivity contribution in [1.82, 2.24) is 0 Å². The molecule has 0 fully saturated rings. The topological polar surface area (TPSA) is 102 Å². The Bertz CT molecular complexity index is 1200. The van der Waals surface area contributed by atoms with Gasteiger partial charge in [0.25, 0.3) is 0 Å². The molecule has 0 aliphatic carbocycles. The summed E-state index contributed by atoms with van der Waals surface area (Å²) in [5, 5.41) is 9.94. The molecule has 6 nitrogen and oxygen atoms in total. The third-order valence-corrected chi connectivity index (χ3v) is 6.62. The summed E-state index contributed by atoms with van der Waals surface area (Å²) in [6.45, 7) is 28.4. The largest absolute Gasteiger partial charge is 0.481 e. The van der Waals surface area contributed by atoms with E-state index >= 15 is 0 Å². The van der Waals surface area contributed by atoms with E-state index in [2.05, 4.69) is 24.7 Å². The number of hydrogen-bond acceptors (Lipinski definition) is 5. The van der Waals surface area contributed by atoms with Crippen LogP contribution in [-0.4, -0.2) is 23.1 Å². The van der Waals surface area contributed by atoms with E-state index in [1.54, 1.807) is 40.7 Å². The monoisotopic (exact) mass is 556 g/mol. The van der Waals surface area contributed by atoms with Crippen LogP contribution in [-0.2, 0) is 14.3 Å². The van der Waals surface area contributed by atoms with Crippen LogP contribution in [0.5, 0.6) is 0 Å². The molecular weight excluding hydrogens is 512 g/mol. The van der Waals surface area contributed by atoms with Gasteiger partial charge in [0.1, 0.15) is 23.3 Å². The van der Waals surface area contributed by atoms with Crippen LogP contribution in [0.3, 0.4) is 0 Å². The van der Waals surface area contributed by atoms with Crippen LogP contribution in [0.25, 0.3) is 5.57 Å². The lowest BCUT2D eigenvalue weighted by molar-refractivity contribution is -0.147. The van der Waals surface area contributed by atoms with Crippen LogP contribution in [0.4, 0.5) is 0 Å². The minimum Gasteiger partial charge on any atom is -0.481 e. The first kappa shape index (κ1) is 35.6. The van der Waals surface area contributed by atoms with Gasteiger partial charge in [0, 0.05) is 16.3 Å². The van der Waals surface area contributed by atoms with Gasteiger partial charge in [-0.1, -0.05) is 51.3 Å².